The van der Waals surface area contributed by atoms with E-state index in [1.54, 1.807) is 12.6 Å². The quantitative estimate of drug-likeness (QED) is 0.249. The monoisotopic (exact) mass is 436 g/mol. The number of rotatable bonds is 7. The number of guanidine groups is 1. The second kappa shape index (κ2) is 11.7. The molecule has 134 valence electrons. The molecule has 6 heteroatoms. The molecule has 0 fully saturated rings. The number of carbonyl (C=O) groups is 1. The molecule has 1 rings (SSSR count). The van der Waals surface area contributed by atoms with Crippen molar-refractivity contribution < 1.29 is 4.79 Å². The first kappa shape index (κ1) is 22.2. The van der Waals surface area contributed by atoms with Gasteiger partial charge in [-0.15, -0.1) is 24.0 Å². The van der Waals surface area contributed by atoms with Crippen LogP contribution < -0.4 is 16.0 Å². The summed E-state index contributed by atoms with van der Waals surface area (Å²) >= 11 is 0. The summed E-state index contributed by atoms with van der Waals surface area (Å²) in [6, 6.07) is 0. The minimum absolute atomic E-state index is 0. The third-order valence-electron chi connectivity index (χ3n) is 3.94. The highest BCUT2D eigenvalue weighted by atomic mass is 127. The molecule has 0 saturated heterocycles. The molecule has 1 aliphatic rings. The van der Waals surface area contributed by atoms with Crippen LogP contribution in [0.5, 0.6) is 0 Å². The average Bonchev–Trinajstić information content (AvgIpc) is 2.52. The van der Waals surface area contributed by atoms with E-state index in [0.29, 0.717) is 6.54 Å². The lowest BCUT2D eigenvalue weighted by molar-refractivity contribution is -0.128. The van der Waals surface area contributed by atoms with E-state index in [1.807, 2.05) is 20.8 Å². The molecule has 0 aromatic carbocycles. The van der Waals surface area contributed by atoms with Gasteiger partial charge in [0.1, 0.15) is 0 Å². The Morgan fingerprint density at radius 3 is 2.61 bits per heavy atom. The van der Waals surface area contributed by atoms with E-state index >= 15 is 0 Å². The van der Waals surface area contributed by atoms with Crippen LogP contribution in [-0.2, 0) is 4.79 Å². The predicted octanol–water partition coefficient (Wildman–Crippen LogP) is 2.82. The lowest BCUT2D eigenvalue weighted by Crippen LogP contribution is -2.41. The Balaban J connectivity index is 0.00000484. The van der Waals surface area contributed by atoms with Crippen molar-refractivity contribution in [3.8, 4) is 0 Å². The zero-order valence-electron chi connectivity index (χ0n) is 15.0. The fourth-order valence-electron chi connectivity index (χ4n) is 2.50. The number of hydrogen-bond donors (Lipinski definition) is 3. The number of carbonyl (C=O) groups excluding carboxylic acids is 1. The summed E-state index contributed by atoms with van der Waals surface area (Å²) < 4.78 is 0. The van der Waals surface area contributed by atoms with Gasteiger partial charge < -0.3 is 16.0 Å². The Kier molecular flexibility index (Phi) is 11.3. The largest absolute Gasteiger partial charge is 0.359 e. The molecule has 0 aliphatic heterocycles. The summed E-state index contributed by atoms with van der Waals surface area (Å²) in [4.78, 5) is 16.3. The molecule has 0 aromatic rings. The van der Waals surface area contributed by atoms with Crippen LogP contribution in [0.25, 0.3) is 0 Å². The van der Waals surface area contributed by atoms with Crippen LogP contribution in [0.4, 0.5) is 0 Å². The summed E-state index contributed by atoms with van der Waals surface area (Å²) in [7, 11) is 1.66. The number of nitrogens with zero attached hydrogens (tertiary/aromatic N) is 1. The van der Waals surface area contributed by atoms with E-state index in [1.165, 1.54) is 25.7 Å². The zero-order valence-corrected chi connectivity index (χ0v) is 17.3. The van der Waals surface area contributed by atoms with Gasteiger partial charge in [-0.25, -0.2) is 0 Å². The first-order valence-corrected chi connectivity index (χ1v) is 8.42. The van der Waals surface area contributed by atoms with Gasteiger partial charge in [0.15, 0.2) is 5.96 Å². The van der Waals surface area contributed by atoms with Crippen molar-refractivity contribution >= 4 is 35.8 Å². The van der Waals surface area contributed by atoms with Gasteiger partial charge in [-0.1, -0.05) is 11.6 Å². The van der Waals surface area contributed by atoms with Gasteiger partial charge in [0, 0.05) is 20.1 Å². The van der Waals surface area contributed by atoms with E-state index in [2.05, 4.69) is 27.0 Å². The first-order valence-electron chi connectivity index (χ1n) is 8.42. The lowest BCUT2D eigenvalue weighted by atomic mass is 9.93. The van der Waals surface area contributed by atoms with E-state index in [4.69, 9.17) is 0 Å². The van der Waals surface area contributed by atoms with Gasteiger partial charge in [0.05, 0.1) is 12.0 Å². The van der Waals surface area contributed by atoms with Gasteiger partial charge in [-0.05, 0) is 52.9 Å². The maximum Gasteiger partial charge on any atom is 0.227 e. The molecule has 0 heterocycles. The van der Waals surface area contributed by atoms with Gasteiger partial charge in [0.2, 0.25) is 5.91 Å². The topological polar surface area (TPSA) is 65.5 Å². The number of halogens is 1. The molecular formula is C17H33IN4O. The van der Waals surface area contributed by atoms with Crippen molar-refractivity contribution in [2.24, 2.45) is 10.4 Å². The molecule has 0 bridgehead atoms. The maximum atomic E-state index is 11.8. The van der Waals surface area contributed by atoms with Crippen molar-refractivity contribution in [2.75, 3.05) is 26.7 Å². The molecule has 23 heavy (non-hydrogen) atoms. The first-order chi connectivity index (χ1) is 10.5. The molecule has 1 aliphatic carbocycles. The normalized spacial score (nSPS) is 15.3. The molecule has 0 atom stereocenters. The molecule has 0 radical (unpaired) electrons. The zero-order chi connectivity index (χ0) is 16.4. The minimum atomic E-state index is -0.497. The second-order valence-electron chi connectivity index (χ2n) is 6.44. The summed E-state index contributed by atoms with van der Waals surface area (Å²) in [6.07, 6.45) is 8.56. The molecule has 0 saturated carbocycles. The third kappa shape index (κ3) is 8.58. The highest BCUT2D eigenvalue weighted by Gasteiger charge is 2.26. The SMILES string of the molecule is CCNC(=NCC(C)(C)C(=O)NC)NCCC1=CCCCC1.I. The predicted molar refractivity (Wildman–Crippen MR) is 108 cm³/mol. The van der Waals surface area contributed by atoms with Crippen LogP contribution in [0.15, 0.2) is 16.6 Å². The number of hydrogen-bond acceptors (Lipinski definition) is 2. The van der Waals surface area contributed by atoms with E-state index in [-0.39, 0.29) is 29.9 Å². The molecule has 1 amide bonds. The fraction of sp³-hybridized carbons (Fsp3) is 0.765. The van der Waals surface area contributed by atoms with Crippen LogP contribution in [-0.4, -0.2) is 38.5 Å². The molecule has 0 aromatic heterocycles. The Morgan fingerprint density at radius 2 is 2.04 bits per heavy atom. The number of amides is 1. The Bertz CT molecular complexity index is 419. The van der Waals surface area contributed by atoms with E-state index in [9.17, 15) is 4.79 Å². The smallest absolute Gasteiger partial charge is 0.227 e. The van der Waals surface area contributed by atoms with Crippen molar-refractivity contribution in [3.63, 3.8) is 0 Å². The summed E-state index contributed by atoms with van der Waals surface area (Å²) in [6.45, 7) is 8.03. The second-order valence-corrected chi connectivity index (χ2v) is 6.44. The summed E-state index contributed by atoms with van der Waals surface area (Å²) in [5.74, 6) is 0.801. The third-order valence-corrected chi connectivity index (χ3v) is 3.94. The van der Waals surface area contributed by atoms with Gasteiger partial charge in [0.25, 0.3) is 0 Å². The Morgan fingerprint density at radius 1 is 1.30 bits per heavy atom. The van der Waals surface area contributed by atoms with Gasteiger partial charge in [-0.3, -0.25) is 9.79 Å². The highest BCUT2D eigenvalue weighted by molar-refractivity contribution is 14.0. The number of aliphatic imine (C=N–C) groups is 1. The van der Waals surface area contributed by atoms with Crippen LogP contribution >= 0.6 is 24.0 Å². The fourth-order valence-corrected chi connectivity index (χ4v) is 2.50. The van der Waals surface area contributed by atoms with Crippen LogP contribution in [0.1, 0.15) is 52.9 Å². The lowest BCUT2D eigenvalue weighted by Gasteiger charge is -2.21. The van der Waals surface area contributed by atoms with Gasteiger partial charge >= 0.3 is 0 Å². The average molecular weight is 436 g/mol. The molecule has 3 N–H and O–H groups in total. The standard InChI is InChI=1S/C17H32N4O.HI/c1-5-19-16(21-13-17(2,3)15(22)18-4)20-12-11-14-9-7-6-8-10-14;/h9H,5-8,10-13H2,1-4H3,(H,18,22)(H2,19,20,21);1H. The van der Waals surface area contributed by atoms with Crippen molar-refractivity contribution in [1.29, 1.82) is 0 Å². The van der Waals surface area contributed by atoms with E-state index < -0.39 is 5.41 Å². The Hall–Kier alpha value is -0.790. The number of allylic oxidation sites excluding steroid dienone is 1. The van der Waals surface area contributed by atoms with Crippen molar-refractivity contribution in [1.82, 2.24) is 16.0 Å². The van der Waals surface area contributed by atoms with Crippen LogP contribution in [0, 0.1) is 5.41 Å². The molecule has 0 spiro atoms. The van der Waals surface area contributed by atoms with Crippen molar-refractivity contribution in [3.05, 3.63) is 11.6 Å². The Labute approximate surface area is 158 Å². The number of nitrogens with one attached hydrogen (secondary N) is 3. The molecule has 0 unspecified atom stereocenters. The summed E-state index contributed by atoms with van der Waals surface area (Å²) in [5, 5.41) is 9.29. The highest BCUT2D eigenvalue weighted by Crippen LogP contribution is 2.19. The van der Waals surface area contributed by atoms with Crippen molar-refractivity contribution in [2.45, 2.75) is 52.9 Å². The maximum absolute atomic E-state index is 11.8. The molecule has 5 nitrogen and oxygen atoms in total. The van der Waals surface area contributed by atoms with E-state index in [0.717, 1.165) is 25.5 Å². The summed E-state index contributed by atoms with van der Waals surface area (Å²) in [5.41, 5.74) is 1.06. The van der Waals surface area contributed by atoms with Crippen LogP contribution in [0.2, 0.25) is 0 Å². The minimum Gasteiger partial charge on any atom is -0.359 e. The van der Waals surface area contributed by atoms with Gasteiger partial charge in [-0.2, -0.15) is 0 Å². The van der Waals surface area contributed by atoms with Crippen LogP contribution in [0.3, 0.4) is 0 Å². The molecular weight excluding hydrogens is 403 g/mol.